The van der Waals surface area contributed by atoms with Gasteiger partial charge in [-0.15, -0.1) is 0 Å². The number of rotatable bonds is 5. The van der Waals surface area contributed by atoms with Gasteiger partial charge in [0.25, 0.3) is 5.91 Å². The Balaban J connectivity index is 2.94. The van der Waals surface area contributed by atoms with E-state index in [9.17, 15) is 19.7 Å². The molecule has 1 amide bonds. The van der Waals surface area contributed by atoms with Crippen LogP contribution in [0.25, 0.3) is 0 Å². The molecule has 98 valence electrons. The van der Waals surface area contributed by atoms with Gasteiger partial charge < -0.3 is 10.0 Å². The Hall–Kier alpha value is -1.96. The normalized spacial score (nSPS) is 10.4. The predicted molar refractivity (Wildman–Crippen MR) is 64.8 cm³/mol. The smallest absolute Gasteiger partial charge is 0.324 e. The average molecular weight is 272 g/mol. The van der Waals surface area contributed by atoms with Crippen molar-refractivity contribution in [1.82, 2.24) is 4.90 Å². The zero-order chi connectivity index (χ0) is 13.9. The second-order valence-corrected chi connectivity index (χ2v) is 4.74. The Labute approximate surface area is 107 Å². The molecule has 0 fully saturated rings. The molecule has 0 atom stereocenters. The molecule has 8 heteroatoms. The molecule has 1 N–H and O–H groups in total. The zero-order valence-corrected chi connectivity index (χ0v) is 10.6. The molecule has 0 saturated carbocycles. The lowest BCUT2D eigenvalue weighted by molar-refractivity contribution is -0.380. The van der Waals surface area contributed by atoms with Crippen molar-refractivity contribution in [3.63, 3.8) is 0 Å². The van der Waals surface area contributed by atoms with Crippen LogP contribution in [-0.4, -0.2) is 39.4 Å². The van der Waals surface area contributed by atoms with Crippen molar-refractivity contribution in [1.29, 1.82) is 0 Å². The average Bonchev–Trinajstić information content (AvgIpc) is 2.73. The van der Waals surface area contributed by atoms with Crippen LogP contribution >= 0.6 is 11.3 Å². The third kappa shape index (κ3) is 3.27. The van der Waals surface area contributed by atoms with Gasteiger partial charge in [-0.2, -0.15) is 0 Å². The van der Waals surface area contributed by atoms with E-state index < -0.39 is 23.3 Å². The Bertz CT molecular complexity index is 482. The van der Waals surface area contributed by atoms with Crippen LogP contribution in [0, 0.1) is 10.1 Å². The van der Waals surface area contributed by atoms with Gasteiger partial charge in [-0.05, 0) is 13.8 Å². The second-order valence-electron chi connectivity index (χ2n) is 3.85. The molecule has 0 aliphatic carbocycles. The summed E-state index contributed by atoms with van der Waals surface area (Å²) in [5.41, 5.74) is 0.140. The summed E-state index contributed by atoms with van der Waals surface area (Å²) in [6, 6.07) is 0.858. The first kappa shape index (κ1) is 14.1. The molecule has 1 aromatic rings. The third-order valence-electron chi connectivity index (χ3n) is 2.20. The highest BCUT2D eigenvalue weighted by atomic mass is 32.1. The quantitative estimate of drug-likeness (QED) is 0.648. The minimum Gasteiger partial charge on any atom is -0.480 e. The van der Waals surface area contributed by atoms with E-state index in [4.69, 9.17) is 5.11 Å². The molecule has 0 aliphatic rings. The van der Waals surface area contributed by atoms with Gasteiger partial charge in [-0.3, -0.25) is 19.7 Å². The van der Waals surface area contributed by atoms with Gasteiger partial charge in [0, 0.05) is 17.5 Å². The summed E-state index contributed by atoms with van der Waals surface area (Å²) < 4.78 is 0. The maximum absolute atomic E-state index is 12.0. The SMILES string of the molecule is CC(C)N(CC(=O)O)C(=O)c1csc([N+](=O)[O-])c1. The number of carbonyl (C=O) groups excluding carboxylic acids is 1. The van der Waals surface area contributed by atoms with Crippen LogP contribution in [0.3, 0.4) is 0 Å². The Morgan fingerprint density at radius 2 is 2.17 bits per heavy atom. The summed E-state index contributed by atoms with van der Waals surface area (Å²) in [7, 11) is 0. The van der Waals surface area contributed by atoms with Gasteiger partial charge in [0.05, 0.1) is 10.5 Å². The molecule has 1 rings (SSSR count). The molecule has 7 nitrogen and oxygen atoms in total. The molecule has 1 heterocycles. The van der Waals surface area contributed by atoms with Gasteiger partial charge >= 0.3 is 11.0 Å². The van der Waals surface area contributed by atoms with Crippen molar-refractivity contribution in [2.24, 2.45) is 0 Å². The van der Waals surface area contributed by atoms with Crippen LogP contribution in [0.15, 0.2) is 11.4 Å². The van der Waals surface area contributed by atoms with Crippen LogP contribution in [-0.2, 0) is 4.79 Å². The van der Waals surface area contributed by atoms with E-state index in [1.54, 1.807) is 13.8 Å². The van der Waals surface area contributed by atoms with E-state index in [0.717, 1.165) is 22.3 Å². The maximum atomic E-state index is 12.0. The van der Waals surface area contributed by atoms with E-state index in [1.807, 2.05) is 0 Å². The van der Waals surface area contributed by atoms with Gasteiger partial charge in [-0.1, -0.05) is 11.3 Å². The number of aliphatic carboxylic acids is 1. The maximum Gasteiger partial charge on any atom is 0.324 e. The van der Waals surface area contributed by atoms with Crippen LogP contribution in [0.5, 0.6) is 0 Å². The van der Waals surface area contributed by atoms with Gasteiger partial charge in [0.2, 0.25) is 0 Å². The lowest BCUT2D eigenvalue weighted by atomic mass is 10.2. The largest absolute Gasteiger partial charge is 0.480 e. The van der Waals surface area contributed by atoms with Crippen LogP contribution in [0.1, 0.15) is 24.2 Å². The summed E-state index contributed by atoms with van der Waals surface area (Å²) in [6.07, 6.45) is 0. The summed E-state index contributed by atoms with van der Waals surface area (Å²) in [6.45, 7) is 2.93. The predicted octanol–water partition coefficient (Wildman–Crippen LogP) is 1.59. The number of carbonyl (C=O) groups is 2. The summed E-state index contributed by atoms with van der Waals surface area (Å²) in [5, 5.41) is 20.5. The summed E-state index contributed by atoms with van der Waals surface area (Å²) in [4.78, 5) is 33.7. The van der Waals surface area contributed by atoms with E-state index in [-0.39, 0.29) is 16.6 Å². The van der Waals surface area contributed by atoms with Crippen LogP contribution in [0.2, 0.25) is 0 Å². The summed E-state index contributed by atoms with van der Waals surface area (Å²) in [5.74, 6) is -1.64. The zero-order valence-electron chi connectivity index (χ0n) is 9.82. The van der Waals surface area contributed by atoms with Crippen LogP contribution < -0.4 is 0 Å². The van der Waals surface area contributed by atoms with Gasteiger partial charge in [-0.25, -0.2) is 0 Å². The molecule has 0 saturated heterocycles. The molecule has 0 spiro atoms. The number of nitrogens with zero attached hydrogens (tertiary/aromatic N) is 2. The number of amides is 1. The second kappa shape index (κ2) is 5.58. The fourth-order valence-corrected chi connectivity index (χ4v) is 2.03. The first-order valence-corrected chi connectivity index (χ1v) is 5.96. The van der Waals surface area contributed by atoms with Gasteiger partial charge in [0.15, 0.2) is 0 Å². The Morgan fingerprint density at radius 1 is 1.56 bits per heavy atom. The highest BCUT2D eigenvalue weighted by Gasteiger charge is 2.24. The number of nitro groups is 1. The van der Waals surface area contributed by atoms with E-state index >= 15 is 0 Å². The number of thiophene rings is 1. The van der Waals surface area contributed by atoms with E-state index in [1.165, 1.54) is 5.38 Å². The molecule has 18 heavy (non-hydrogen) atoms. The molecule has 0 aromatic carbocycles. The fraction of sp³-hybridized carbons (Fsp3) is 0.400. The first-order valence-electron chi connectivity index (χ1n) is 5.08. The van der Waals surface area contributed by atoms with Gasteiger partial charge in [0.1, 0.15) is 6.54 Å². The topological polar surface area (TPSA) is 101 Å². The number of hydrogen-bond donors (Lipinski definition) is 1. The molecule has 0 aliphatic heterocycles. The number of hydrogen-bond acceptors (Lipinski definition) is 5. The Morgan fingerprint density at radius 3 is 2.56 bits per heavy atom. The van der Waals surface area contributed by atoms with E-state index in [2.05, 4.69) is 0 Å². The molecular formula is C10H12N2O5S. The standard InChI is InChI=1S/C10H12N2O5S/c1-6(2)11(4-9(13)14)10(15)7-3-8(12(16)17)18-5-7/h3,5-6H,4H2,1-2H3,(H,13,14). The van der Waals surface area contributed by atoms with Crippen LogP contribution in [0.4, 0.5) is 5.00 Å². The number of carboxylic acids is 1. The lowest BCUT2D eigenvalue weighted by Gasteiger charge is -2.24. The molecule has 0 unspecified atom stereocenters. The summed E-state index contributed by atoms with van der Waals surface area (Å²) >= 11 is 0.840. The lowest BCUT2D eigenvalue weighted by Crippen LogP contribution is -2.40. The van der Waals surface area contributed by atoms with Crippen molar-refractivity contribution in [3.8, 4) is 0 Å². The number of carboxylic acid groups (broad SMARTS) is 1. The minimum atomic E-state index is -1.12. The van der Waals surface area contributed by atoms with E-state index in [0.29, 0.717) is 0 Å². The molecule has 0 radical (unpaired) electrons. The van der Waals surface area contributed by atoms with Crippen molar-refractivity contribution in [2.75, 3.05) is 6.54 Å². The minimum absolute atomic E-state index is 0.140. The molecular weight excluding hydrogens is 260 g/mol. The first-order chi connectivity index (χ1) is 8.32. The van der Waals surface area contributed by atoms with Crippen molar-refractivity contribution < 1.29 is 19.6 Å². The van der Waals surface area contributed by atoms with Crippen molar-refractivity contribution in [2.45, 2.75) is 19.9 Å². The fourth-order valence-electron chi connectivity index (χ4n) is 1.33. The monoisotopic (exact) mass is 272 g/mol. The Kier molecular flexibility index (Phi) is 4.38. The third-order valence-corrected chi connectivity index (χ3v) is 3.08. The van der Waals surface area contributed by atoms with Crippen molar-refractivity contribution >= 4 is 28.2 Å². The molecule has 1 aromatic heterocycles. The van der Waals surface area contributed by atoms with Crippen molar-refractivity contribution in [3.05, 3.63) is 27.1 Å². The highest BCUT2D eigenvalue weighted by molar-refractivity contribution is 7.13. The highest BCUT2D eigenvalue weighted by Crippen LogP contribution is 2.24. The molecule has 0 bridgehead atoms.